The maximum Gasteiger partial charge on any atom is 0.250 e. The van der Waals surface area contributed by atoms with E-state index in [4.69, 9.17) is 16.2 Å². The zero-order chi connectivity index (χ0) is 24.8. The Labute approximate surface area is 203 Å². The van der Waals surface area contributed by atoms with Gasteiger partial charge in [-0.15, -0.1) is 0 Å². The first-order chi connectivity index (χ1) is 16.9. The van der Waals surface area contributed by atoms with Gasteiger partial charge in [0.2, 0.25) is 5.78 Å². The van der Waals surface area contributed by atoms with Crippen LogP contribution in [0.4, 0.5) is 5.82 Å². The van der Waals surface area contributed by atoms with Gasteiger partial charge in [-0.25, -0.2) is 9.97 Å². The molecule has 0 bridgehead atoms. The second-order valence-electron chi connectivity index (χ2n) is 8.58. The third-order valence-corrected chi connectivity index (χ3v) is 5.94. The van der Waals surface area contributed by atoms with Gasteiger partial charge < -0.3 is 26.1 Å². The molecule has 1 atom stereocenters. The van der Waals surface area contributed by atoms with Gasteiger partial charge in [-0.2, -0.15) is 0 Å². The minimum atomic E-state index is -0.447. The maximum atomic E-state index is 13.0. The monoisotopic (exact) mass is 474 g/mol. The summed E-state index contributed by atoms with van der Waals surface area (Å²) in [6, 6.07) is 10.7. The summed E-state index contributed by atoms with van der Waals surface area (Å²) < 4.78 is 7.38. The summed E-state index contributed by atoms with van der Waals surface area (Å²) in [5.41, 5.74) is 15.2. The molecular formula is C26H30N6O3. The smallest absolute Gasteiger partial charge is 0.250 e. The van der Waals surface area contributed by atoms with Gasteiger partial charge in [0.1, 0.15) is 0 Å². The first-order valence-electron chi connectivity index (χ1n) is 11.6. The van der Waals surface area contributed by atoms with Crippen LogP contribution in [-0.4, -0.2) is 40.1 Å². The topological polar surface area (TPSA) is 138 Å². The first kappa shape index (κ1) is 24.3. The summed E-state index contributed by atoms with van der Waals surface area (Å²) in [6.07, 6.45) is 7.56. The highest BCUT2D eigenvalue weighted by atomic mass is 16.5. The Bertz CT molecular complexity index is 1280. The van der Waals surface area contributed by atoms with Crippen molar-refractivity contribution in [2.75, 3.05) is 19.4 Å². The van der Waals surface area contributed by atoms with Crippen LogP contribution in [0.2, 0.25) is 0 Å². The molecule has 1 aromatic carbocycles. The van der Waals surface area contributed by atoms with Crippen LogP contribution >= 0.6 is 0 Å². The Morgan fingerprint density at radius 1 is 1.23 bits per heavy atom. The standard InChI is InChI=1S/C26H30N6O3/c1-29-13-17-5-7-18(8-6-17)21(27)12-23(33)25-26(28)30-14-22(31-25)19-9-10-24(34)32(15-19)16-20-4-2-3-11-35-20/h5-10,12,14-15,20,29H,2-4,11,13,16,27H2,1H3,(H2,28,30). The lowest BCUT2D eigenvalue weighted by Gasteiger charge is -2.23. The van der Waals surface area contributed by atoms with Gasteiger partial charge in [-0.3, -0.25) is 9.59 Å². The van der Waals surface area contributed by atoms with Crippen molar-refractivity contribution >= 4 is 17.3 Å². The molecule has 5 N–H and O–H groups in total. The number of carbonyl (C=O) groups excluding carboxylic acids is 1. The predicted molar refractivity (Wildman–Crippen MR) is 135 cm³/mol. The van der Waals surface area contributed by atoms with Crippen LogP contribution in [0.15, 0.2) is 59.7 Å². The molecule has 3 aromatic rings. The predicted octanol–water partition coefficient (Wildman–Crippen LogP) is 2.36. The first-order valence-corrected chi connectivity index (χ1v) is 11.6. The summed E-state index contributed by atoms with van der Waals surface area (Å²) in [4.78, 5) is 34.0. The van der Waals surface area contributed by atoms with E-state index in [0.717, 1.165) is 36.9 Å². The van der Waals surface area contributed by atoms with Crippen LogP contribution in [0.25, 0.3) is 17.0 Å². The number of ether oxygens (including phenoxy) is 1. The average Bonchev–Trinajstić information content (AvgIpc) is 2.87. The van der Waals surface area contributed by atoms with Crippen molar-refractivity contribution in [1.82, 2.24) is 19.9 Å². The third-order valence-electron chi connectivity index (χ3n) is 5.94. The summed E-state index contributed by atoms with van der Waals surface area (Å²) in [5, 5.41) is 3.08. The molecule has 4 rings (SSSR count). The van der Waals surface area contributed by atoms with E-state index in [2.05, 4.69) is 15.3 Å². The SMILES string of the molecule is CNCc1ccc(C(N)=CC(=O)c2nc(-c3ccc(=O)n(CC4CCCCO4)c3)cnc2N)cc1. The Balaban J connectivity index is 1.57. The number of hydrogen-bond donors (Lipinski definition) is 3. The molecule has 1 aliphatic heterocycles. The lowest BCUT2D eigenvalue weighted by molar-refractivity contribution is 0.00545. The van der Waals surface area contributed by atoms with E-state index < -0.39 is 5.78 Å². The summed E-state index contributed by atoms with van der Waals surface area (Å²) >= 11 is 0. The molecule has 9 nitrogen and oxygen atoms in total. The summed E-state index contributed by atoms with van der Waals surface area (Å²) in [7, 11) is 1.88. The molecule has 1 fully saturated rings. The molecule has 0 saturated carbocycles. The number of nitrogens with two attached hydrogens (primary N) is 2. The molecule has 0 radical (unpaired) electrons. The van der Waals surface area contributed by atoms with Crippen LogP contribution in [0.3, 0.4) is 0 Å². The number of nitrogen functional groups attached to an aromatic ring is 1. The molecule has 35 heavy (non-hydrogen) atoms. The van der Waals surface area contributed by atoms with E-state index in [9.17, 15) is 9.59 Å². The molecule has 1 saturated heterocycles. The van der Waals surface area contributed by atoms with Gasteiger partial charge in [0.15, 0.2) is 11.5 Å². The van der Waals surface area contributed by atoms with Crippen LogP contribution in [-0.2, 0) is 17.8 Å². The summed E-state index contributed by atoms with van der Waals surface area (Å²) in [5.74, 6) is -0.436. The summed E-state index contributed by atoms with van der Waals surface area (Å²) in [6.45, 7) is 1.92. The normalized spacial score (nSPS) is 16.3. The van der Waals surface area contributed by atoms with Crippen LogP contribution in [0.5, 0.6) is 0 Å². The van der Waals surface area contributed by atoms with Crippen molar-refractivity contribution < 1.29 is 9.53 Å². The second-order valence-corrected chi connectivity index (χ2v) is 8.58. The molecular weight excluding hydrogens is 444 g/mol. The highest BCUT2D eigenvalue weighted by molar-refractivity contribution is 6.09. The number of hydrogen-bond acceptors (Lipinski definition) is 8. The van der Waals surface area contributed by atoms with Crippen molar-refractivity contribution in [2.24, 2.45) is 5.73 Å². The van der Waals surface area contributed by atoms with Gasteiger partial charge in [-0.05, 0) is 43.5 Å². The number of allylic oxidation sites excluding steroid dienone is 1. The van der Waals surface area contributed by atoms with E-state index in [1.165, 1.54) is 18.3 Å². The number of nitrogens with one attached hydrogen (secondary N) is 1. The highest BCUT2D eigenvalue weighted by Gasteiger charge is 2.17. The second kappa shape index (κ2) is 11.1. The largest absolute Gasteiger partial charge is 0.398 e. The molecule has 3 heterocycles. The Morgan fingerprint density at radius 3 is 2.74 bits per heavy atom. The van der Waals surface area contributed by atoms with E-state index in [0.29, 0.717) is 30.1 Å². The number of nitrogens with zero attached hydrogens (tertiary/aromatic N) is 3. The Morgan fingerprint density at radius 2 is 2.03 bits per heavy atom. The van der Waals surface area contributed by atoms with Gasteiger partial charge in [0.25, 0.3) is 5.56 Å². The van der Waals surface area contributed by atoms with Crippen molar-refractivity contribution in [3.63, 3.8) is 0 Å². The van der Waals surface area contributed by atoms with Crippen molar-refractivity contribution in [3.8, 4) is 11.3 Å². The van der Waals surface area contributed by atoms with E-state index >= 15 is 0 Å². The number of carbonyl (C=O) groups is 1. The van der Waals surface area contributed by atoms with Crippen LogP contribution in [0, 0.1) is 0 Å². The van der Waals surface area contributed by atoms with Crippen molar-refractivity contribution in [2.45, 2.75) is 38.5 Å². The molecule has 0 aliphatic carbocycles. The number of benzene rings is 1. The van der Waals surface area contributed by atoms with E-state index in [1.54, 1.807) is 16.8 Å². The van der Waals surface area contributed by atoms with E-state index in [1.807, 2.05) is 31.3 Å². The molecule has 0 amide bonds. The third kappa shape index (κ3) is 6.00. The fourth-order valence-electron chi connectivity index (χ4n) is 4.03. The van der Waals surface area contributed by atoms with Crippen molar-refractivity contribution in [1.29, 1.82) is 0 Å². The molecule has 182 valence electrons. The number of pyridine rings is 1. The quantitative estimate of drug-likeness (QED) is 0.334. The number of anilines is 1. The minimum absolute atomic E-state index is 0.00520. The van der Waals surface area contributed by atoms with Gasteiger partial charge >= 0.3 is 0 Å². The molecule has 1 unspecified atom stereocenters. The zero-order valence-corrected chi connectivity index (χ0v) is 19.7. The number of aromatic nitrogens is 3. The number of rotatable bonds is 8. The van der Waals surface area contributed by atoms with Crippen LogP contribution < -0.4 is 22.3 Å². The Kier molecular flexibility index (Phi) is 7.69. The number of ketones is 1. The van der Waals surface area contributed by atoms with Gasteiger partial charge in [-0.1, -0.05) is 24.3 Å². The van der Waals surface area contributed by atoms with Crippen LogP contribution in [0.1, 0.15) is 40.9 Å². The minimum Gasteiger partial charge on any atom is -0.398 e. The highest BCUT2D eigenvalue weighted by Crippen LogP contribution is 2.20. The molecule has 2 aromatic heterocycles. The fraction of sp³-hybridized carbons (Fsp3) is 0.308. The molecule has 9 heteroatoms. The lowest BCUT2D eigenvalue weighted by Crippen LogP contribution is -2.30. The lowest BCUT2D eigenvalue weighted by atomic mass is 10.1. The van der Waals surface area contributed by atoms with Gasteiger partial charge in [0.05, 0.1) is 24.5 Å². The van der Waals surface area contributed by atoms with Crippen molar-refractivity contribution in [3.05, 3.63) is 82.0 Å². The Hall–Kier alpha value is -3.82. The average molecular weight is 475 g/mol. The van der Waals surface area contributed by atoms with E-state index in [-0.39, 0.29) is 23.2 Å². The zero-order valence-electron chi connectivity index (χ0n) is 19.7. The fourth-order valence-corrected chi connectivity index (χ4v) is 4.03. The maximum absolute atomic E-state index is 13.0. The molecule has 1 aliphatic rings. The van der Waals surface area contributed by atoms with Gasteiger partial charge in [0, 0.05) is 42.8 Å². The molecule has 0 spiro atoms.